The quantitative estimate of drug-likeness (QED) is 0.786. The fourth-order valence-corrected chi connectivity index (χ4v) is 1.69. The van der Waals surface area contributed by atoms with Gasteiger partial charge in [-0.1, -0.05) is 12.1 Å². The average molecular weight is 267 g/mol. The number of nitrogens with two attached hydrogens (primary N) is 1. The van der Waals surface area contributed by atoms with Crippen molar-refractivity contribution >= 4 is 0 Å². The first-order chi connectivity index (χ1) is 9.02. The van der Waals surface area contributed by atoms with Gasteiger partial charge in [0.2, 0.25) is 0 Å². The van der Waals surface area contributed by atoms with Crippen LogP contribution in [-0.4, -0.2) is 33.0 Å². The molecule has 1 aromatic rings. The van der Waals surface area contributed by atoms with Gasteiger partial charge in [-0.2, -0.15) is 0 Å². The first-order valence-corrected chi connectivity index (χ1v) is 6.53. The Morgan fingerprint density at radius 2 is 2.00 bits per heavy atom. The molecule has 0 bridgehead atoms. The lowest BCUT2D eigenvalue weighted by Gasteiger charge is -2.24. The number of ether oxygens (including phenoxy) is 3. The summed E-state index contributed by atoms with van der Waals surface area (Å²) in [4.78, 5) is 0. The molecule has 0 spiro atoms. The molecule has 4 nitrogen and oxygen atoms in total. The Kier molecular flexibility index (Phi) is 6.28. The topological polar surface area (TPSA) is 53.7 Å². The van der Waals surface area contributed by atoms with Crippen molar-refractivity contribution in [2.24, 2.45) is 5.73 Å². The van der Waals surface area contributed by atoms with Crippen LogP contribution >= 0.6 is 0 Å². The van der Waals surface area contributed by atoms with E-state index in [9.17, 15) is 0 Å². The van der Waals surface area contributed by atoms with E-state index in [-0.39, 0.29) is 11.7 Å². The molecule has 0 radical (unpaired) electrons. The van der Waals surface area contributed by atoms with Crippen LogP contribution in [0.3, 0.4) is 0 Å². The third kappa shape index (κ3) is 5.19. The molecular weight excluding hydrogens is 242 g/mol. The van der Waals surface area contributed by atoms with Crippen molar-refractivity contribution in [1.82, 2.24) is 0 Å². The highest BCUT2D eigenvalue weighted by Crippen LogP contribution is 2.22. The van der Waals surface area contributed by atoms with Gasteiger partial charge >= 0.3 is 0 Å². The molecule has 0 saturated carbocycles. The Hall–Kier alpha value is -1.10. The average Bonchev–Trinajstić information content (AvgIpc) is 2.43. The molecule has 0 fully saturated rings. The van der Waals surface area contributed by atoms with Crippen LogP contribution < -0.4 is 10.5 Å². The van der Waals surface area contributed by atoms with Crippen LogP contribution in [0.4, 0.5) is 0 Å². The lowest BCUT2D eigenvalue weighted by atomic mass is 10.1. The largest absolute Gasteiger partial charge is 0.497 e. The van der Waals surface area contributed by atoms with E-state index in [0.717, 1.165) is 17.7 Å². The van der Waals surface area contributed by atoms with Crippen molar-refractivity contribution in [3.05, 3.63) is 29.8 Å². The van der Waals surface area contributed by atoms with Crippen molar-refractivity contribution < 1.29 is 14.2 Å². The molecule has 108 valence electrons. The van der Waals surface area contributed by atoms with Crippen molar-refractivity contribution in [2.75, 3.05) is 27.4 Å². The molecule has 1 atom stereocenters. The zero-order chi connectivity index (χ0) is 14.3. The summed E-state index contributed by atoms with van der Waals surface area (Å²) < 4.78 is 16.4. The summed E-state index contributed by atoms with van der Waals surface area (Å²) in [6.45, 7) is 5.14. The minimum atomic E-state index is -0.173. The maximum absolute atomic E-state index is 5.85. The molecule has 1 unspecified atom stereocenters. The van der Waals surface area contributed by atoms with Crippen LogP contribution in [0.2, 0.25) is 0 Å². The van der Waals surface area contributed by atoms with Crippen LogP contribution in [-0.2, 0) is 9.47 Å². The summed E-state index contributed by atoms with van der Waals surface area (Å²) in [5.74, 6) is 0.816. The monoisotopic (exact) mass is 267 g/mol. The van der Waals surface area contributed by atoms with Gasteiger partial charge in [0.05, 0.1) is 25.4 Å². The Morgan fingerprint density at radius 3 is 2.58 bits per heavy atom. The van der Waals surface area contributed by atoms with E-state index >= 15 is 0 Å². The van der Waals surface area contributed by atoms with E-state index in [4.69, 9.17) is 19.9 Å². The predicted octanol–water partition coefficient (Wildman–Crippen LogP) is 2.53. The highest BCUT2D eigenvalue weighted by molar-refractivity contribution is 5.30. The second-order valence-electron chi connectivity index (χ2n) is 5.09. The third-order valence-corrected chi connectivity index (χ3v) is 3.26. The SMILES string of the molecule is COc1cccc(C(CN)OCCC(C)(C)OC)c1. The fourth-order valence-electron chi connectivity index (χ4n) is 1.69. The third-order valence-electron chi connectivity index (χ3n) is 3.26. The molecule has 2 N–H and O–H groups in total. The van der Waals surface area contributed by atoms with E-state index in [2.05, 4.69) is 0 Å². The van der Waals surface area contributed by atoms with Crippen LogP contribution in [0.25, 0.3) is 0 Å². The van der Waals surface area contributed by atoms with E-state index in [1.165, 1.54) is 0 Å². The summed E-state index contributed by atoms with van der Waals surface area (Å²) in [6.07, 6.45) is 0.715. The first-order valence-electron chi connectivity index (χ1n) is 6.53. The number of hydrogen-bond acceptors (Lipinski definition) is 4. The maximum Gasteiger partial charge on any atom is 0.119 e. The molecular formula is C15H25NO3. The summed E-state index contributed by atoms with van der Waals surface area (Å²) in [7, 11) is 3.36. The van der Waals surface area contributed by atoms with Crippen molar-refractivity contribution in [3.8, 4) is 5.75 Å². The van der Waals surface area contributed by atoms with Gasteiger partial charge in [0.15, 0.2) is 0 Å². The van der Waals surface area contributed by atoms with E-state index < -0.39 is 0 Å². The Bertz CT molecular complexity index is 379. The van der Waals surface area contributed by atoms with E-state index in [1.807, 2.05) is 38.1 Å². The summed E-state index contributed by atoms with van der Waals surface area (Å²) in [5.41, 5.74) is 6.65. The normalized spacial score (nSPS) is 13.3. The van der Waals surface area contributed by atoms with Gasteiger partial charge in [0, 0.05) is 13.7 Å². The summed E-state index contributed by atoms with van der Waals surface area (Å²) >= 11 is 0. The number of methoxy groups -OCH3 is 2. The van der Waals surface area contributed by atoms with Gasteiger partial charge in [-0.15, -0.1) is 0 Å². The summed E-state index contributed by atoms with van der Waals surface area (Å²) in [6, 6.07) is 7.81. The Labute approximate surface area is 115 Å². The second kappa shape index (κ2) is 7.48. The van der Waals surface area contributed by atoms with Gasteiger partial charge in [-0.3, -0.25) is 0 Å². The zero-order valence-corrected chi connectivity index (χ0v) is 12.3. The molecule has 19 heavy (non-hydrogen) atoms. The Balaban J connectivity index is 2.58. The highest BCUT2D eigenvalue weighted by atomic mass is 16.5. The van der Waals surface area contributed by atoms with Gasteiger partial charge in [-0.05, 0) is 38.0 Å². The lowest BCUT2D eigenvalue weighted by molar-refractivity contribution is -0.0257. The number of hydrogen-bond donors (Lipinski definition) is 1. The number of benzene rings is 1. The van der Waals surface area contributed by atoms with Gasteiger partial charge < -0.3 is 19.9 Å². The van der Waals surface area contributed by atoms with Crippen molar-refractivity contribution in [1.29, 1.82) is 0 Å². The van der Waals surface area contributed by atoms with Crippen LogP contribution in [0.5, 0.6) is 5.75 Å². The van der Waals surface area contributed by atoms with Crippen LogP contribution in [0.1, 0.15) is 31.9 Å². The Morgan fingerprint density at radius 1 is 1.26 bits per heavy atom. The predicted molar refractivity (Wildman–Crippen MR) is 76.4 cm³/mol. The molecule has 1 rings (SSSR count). The molecule has 0 saturated heterocycles. The van der Waals surface area contributed by atoms with Crippen molar-refractivity contribution in [2.45, 2.75) is 32.0 Å². The van der Waals surface area contributed by atoms with Crippen molar-refractivity contribution in [3.63, 3.8) is 0 Å². The molecule has 1 aromatic carbocycles. The molecule has 0 heterocycles. The molecule has 0 amide bonds. The summed E-state index contributed by atoms with van der Waals surface area (Å²) in [5, 5.41) is 0. The zero-order valence-electron chi connectivity index (χ0n) is 12.3. The molecule has 0 aliphatic heterocycles. The molecule has 4 heteroatoms. The smallest absolute Gasteiger partial charge is 0.119 e. The fraction of sp³-hybridized carbons (Fsp3) is 0.600. The lowest BCUT2D eigenvalue weighted by Crippen LogP contribution is -2.26. The molecule has 0 aliphatic rings. The number of rotatable bonds is 8. The first kappa shape index (κ1) is 16.0. The highest BCUT2D eigenvalue weighted by Gasteiger charge is 2.18. The van der Waals surface area contributed by atoms with Crippen LogP contribution in [0.15, 0.2) is 24.3 Å². The van der Waals surface area contributed by atoms with Gasteiger partial charge in [0.25, 0.3) is 0 Å². The van der Waals surface area contributed by atoms with Gasteiger partial charge in [-0.25, -0.2) is 0 Å². The van der Waals surface area contributed by atoms with Crippen LogP contribution in [0, 0.1) is 0 Å². The minimum Gasteiger partial charge on any atom is -0.497 e. The molecule has 0 aromatic heterocycles. The minimum absolute atomic E-state index is 0.109. The van der Waals surface area contributed by atoms with E-state index in [1.54, 1.807) is 14.2 Å². The van der Waals surface area contributed by atoms with Gasteiger partial charge in [0.1, 0.15) is 5.75 Å². The van der Waals surface area contributed by atoms with E-state index in [0.29, 0.717) is 13.2 Å². The standard InChI is InChI=1S/C15H25NO3/c1-15(2,18-4)8-9-19-14(11-16)12-6-5-7-13(10-12)17-3/h5-7,10,14H,8-9,11,16H2,1-4H3. The second-order valence-corrected chi connectivity index (χ2v) is 5.09. The maximum atomic E-state index is 5.85. The molecule has 0 aliphatic carbocycles.